The largest absolute Gasteiger partial charge is 0.352 e. The number of amides is 1. The van der Waals surface area contributed by atoms with Gasteiger partial charge in [-0.15, -0.1) is 0 Å². The lowest BCUT2D eigenvalue weighted by Gasteiger charge is -2.14. The van der Waals surface area contributed by atoms with Gasteiger partial charge in [0.05, 0.1) is 5.75 Å². The van der Waals surface area contributed by atoms with Crippen molar-refractivity contribution in [3.05, 3.63) is 65.7 Å². The molecule has 0 aliphatic heterocycles. The average Bonchev–Trinajstić information content (AvgIpc) is 2.55. The minimum atomic E-state index is -3.48. The molecule has 1 amide bonds. The SMILES string of the molecule is CCNC(=O)c1ccc(NS(=O)(=O)C[C@H](C)c2ccccc2)cc1. The smallest absolute Gasteiger partial charge is 0.251 e. The predicted molar refractivity (Wildman–Crippen MR) is 96.7 cm³/mol. The first-order chi connectivity index (χ1) is 11.4. The van der Waals surface area contributed by atoms with Gasteiger partial charge in [-0.2, -0.15) is 0 Å². The minimum absolute atomic E-state index is 0.00488. The van der Waals surface area contributed by atoms with Crippen molar-refractivity contribution in [2.75, 3.05) is 17.0 Å². The molecule has 2 rings (SSSR count). The molecular weight excluding hydrogens is 324 g/mol. The summed E-state index contributed by atoms with van der Waals surface area (Å²) in [7, 11) is -3.48. The molecule has 0 aliphatic carbocycles. The molecule has 0 aliphatic rings. The Morgan fingerprint density at radius 3 is 2.25 bits per heavy atom. The van der Waals surface area contributed by atoms with E-state index in [1.165, 1.54) is 0 Å². The third kappa shape index (κ3) is 5.09. The first kappa shape index (κ1) is 18.0. The highest BCUT2D eigenvalue weighted by Gasteiger charge is 2.17. The van der Waals surface area contributed by atoms with E-state index in [4.69, 9.17) is 0 Å². The van der Waals surface area contributed by atoms with Gasteiger partial charge in [-0.25, -0.2) is 8.42 Å². The molecule has 5 nitrogen and oxygen atoms in total. The van der Waals surface area contributed by atoms with Gasteiger partial charge in [-0.3, -0.25) is 9.52 Å². The number of hydrogen-bond acceptors (Lipinski definition) is 3. The molecule has 2 N–H and O–H groups in total. The molecule has 0 unspecified atom stereocenters. The fraction of sp³-hybridized carbons (Fsp3) is 0.278. The number of carbonyl (C=O) groups is 1. The fourth-order valence-corrected chi connectivity index (χ4v) is 3.81. The van der Waals surface area contributed by atoms with Crippen LogP contribution in [0.5, 0.6) is 0 Å². The van der Waals surface area contributed by atoms with E-state index in [-0.39, 0.29) is 17.6 Å². The second-order valence-corrected chi connectivity index (χ2v) is 7.40. The zero-order chi connectivity index (χ0) is 17.6. The molecule has 0 bridgehead atoms. The molecule has 0 heterocycles. The van der Waals surface area contributed by atoms with Gasteiger partial charge in [0.25, 0.3) is 5.91 Å². The maximum absolute atomic E-state index is 12.3. The summed E-state index contributed by atoms with van der Waals surface area (Å²) in [6.45, 7) is 4.27. The maximum atomic E-state index is 12.3. The van der Waals surface area contributed by atoms with Gasteiger partial charge in [0.15, 0.2) is 0 Å². The summed E-state index contributed by atoms with van der Waals surface area (Å²) in [5, 5.41) is 2.70. The summed E-state index contributed by atoms with van der Waals surface area (Å²) in [4.78, 5) is 11.7. The second kappa shape index (κ2) is 7.97. The Morgan fingerprint density at radius 2 is 1.67 bits per heavy atom. The van der Waals surface area contributed by atoms with Crippen LogP contribution in [0.15, 0.2) is 54.6 Å². The molecule has 0 saturated heterocycles. The number of nitrogens with one attached hydrogen (secondary N) is 2. The quantitative estimate of drug-likeness (QED) is 0.809. The van der Waals surface area contributed by atoms with Crippen molar-refractivity contribution in [2.24, 2.45) is 0 Å². The topological polar surface area (TPSA) is 75.3 Å². The number of carbonyl (C=O) groups excluding carboxylic acids is 1. The minimum Gasteiger partial charge on any atom is -0.352 e. The van der Waals surface area contributed by atoms with Gasteiger partial charge in [0.1, 0.15) is 0 Å². The van der Waals surface area contributed by atoms with E-state index < -0.39 is 10.0 Å². The van der Waals surface area contributed by atoms with Crippen molar-refractivity contribution in [3.8, 4) is 0 Å². The molecule has 6 heteroatoms. The summed E-state index contributed by atoms with van der Waals surface area (Å²) in [5.41, 5.74) is 1.93. The van der Waals surface area contributed by atoms with Crippen molar-refractivity contribution >= 4 is 21.6 Å². The Bertz CT molecular complexity index is 772. The number of sulfonamides is 1. The molecule has 0 radical (unpaired) electrons. The Balaban J connectivity index is 2.02. The molecule has 2 aromatic carbocycles. The molecule has 24 heavy (non-hydrogen) atoms. The van der Waals surface area contributed by atoms with Crippen LogP contribution in [0.3, 0.4) is 0 Å². The van der Waals surface area contributed by atoms with E-state index in [1.807, 2.05) is 44.2 Å². The standard InChI is InChI=1S/C18H22N2O3S/c1-3-19-18(21)16-9-11-17(12-10-16)20-24(22,23)13-14(2)15-7-5-4-6-8-15/h4-12,14,20H,3,13H2,1-2H3,(H,19,21)/t14-/m0/s1. The summed E-state index contributed by atoms with van der Waals surface area (Å²) >= 11 is 0. The maximum Gasteiger partial charge on any atom is 0.251 e. The Hall–Kier alpha value is -2.34. The number of rotatable bonds is 7. The molecule has 0 spiro atoms. The lowest BCUT2D eigenvalue weighted by molar-refractivity contribution is 0.0956. The third-order valence-electron chi connectivity index (χ3n) is 3.60. The molecule has 0 aromatic heterocycles. The first-order valence-electron chi connectivity index (χ1n) is 7.85. The highest BCUT2D eigenvalue weighted by molar-refractivity contribution is 7.92. The summed E-state index contributed by atoms with van der Waals surface area (Å²) in [5.74, 6) is -0.294. The number of benzene rings is 2. The normalized spacial score (nSPS) is 12.4. The highest BCUT2D eigenvalue weighted by atomic mass is 32.2. The average molecular weight is 346 g/mol. The molecular formula is C18H22N2O3S. The Labute approximate surface area is 143 Å². The van der Waals surface area contributed by atoms with Crippen molar-refractivity contribution in [3.63, 3.8) is 0 Å². The highest BCUT2D eigenvalue weighted by Crippen LogP contribution is 2.19. The zero-order valence-electron chi connectivity index (χ0n) is 13.8. The van der Waals surface area contributed by atoms with Crippen LogP contribution in [0.2, 0.25) is 0 Å². The van der Waals surface area contributed by atoms with Crippen LogP contribution >= 0.6 is 0 Å². The van der Waals surface area contributed by atoms with Gasteiger partial charge < -0.3 is 5.32 Å². The number of anilines is 1. The Kier molecular flexibility index (Phi) is 5.98. The zero-order valence-corrected chi connectivity index (χ0v) is 14.6. The van der Waals surface area contributed by atoms with Gasteiger partial charge in [0, 0.05) is 17.8 Å². The summed E-state index contributed by atoms with van der Waals surface area (Å²) < 4.78 is 27.2. The van der Waals surface area contributed by atoms with Crippen LogP contribution in [-0.2, 0) is 10.0 Å². The molecule has 128 valence electrons. The molecule has 0 fully saturated rings. The summed E-state index contributed by atoms with van der Waals surface area (Å²) in [6, 6.07) is 15.9. The van der Waals surface area contributed by atoms with Crippen LogP contribution in [0.4, 0.5) is 5.69 Å². The van der Waals surface area contributed by atoms with E-state index in [2.05, 4.69) is 10.0 Å². The summed E-state index contributed by atoms with van der Waals surface area (Å²) in [6.07, 6.45) is 0. The van der Waals surface area contributed by atoms with Crippen molar-refractivity contribution in [1.29, 1.82) is 0 Å². The molecule has 1 atom stereocenters. The lowest BCUT2D eigenvalue weighted by Crippen LogP contribution is -2.23. The monoisotopic (exact) mass is 346 g/mol. The predicted octanol–water partition coefficient (Wildman–Crippen LogP) is 2.98. The van der Waals surface area contributed by atoms with Crippen LogP contribution < -0.4 is 10.0 Å². The third-order valence-corrected chi connectivity index (χ3v) is 5.08. The molecule has 0 saturated carbocycles. The van der Waals surface area contributed by atoms with Gasteiger partial charge in [0.2, 0.25) is 10.0 Å². The number of hydrogen-bond donors (Lipinski definition) is 2. The molecule has 2 aromatic rings. The second-order valence-electron chi connectivity index (χ2n) is 5.63. The van der Waals surface area contributed by atoms with Crippen LogP contribution in [0, 0.1) is 0 Å². The first-order valence-corrected chi connectivity index (χ1v) is 9.50. The van der Waals surface area contributed by atoms with Gasteiger partial charge in [-0.05, 0) is 42.7 Å². The fourth-order valence-electron chi connectivity index (χ4n) is 2.38. The van der Waals surface area contributed by atoms with E-state index in [0.29, 0.717) is 17.8 Å². The van der Waals surface area contributed by atoms with Crippen LogP contribution in [-0.4, -0.2) is 26.6 Å². The van der Waals surface area contributed by atoms with Crippen LogP contribution in [0.25, 0.3) is 0 Å². The van der Waals surface area contributed by atoms with E-state index >= 15 is 0 Å². The van der Waals surface area contributed by atoms with E-state index in [1.54, 1.807) is 24.3 Å². The van der Waals surface area contributed by atoms with E-state index in [0.717, 1.165) is 5.56 Å². The van der Waals surface area contributed by atoms with Gasteiger partial charge >= 0.3 is 0 Å². The van der Waals surface area contributed by atoms with Crippen molar-refractivity contribution in [2.45, 2.75) is 19.8 Å². The Morgan fingerprint density at radius 1 is 1.04 bits per heavy atom. The van der Waals surface area contributed by atoms with Gasteiger partial charge in [-0.1, -0.05) is 37.3 Å². The lowest BCUT2D eigenvalue weighted by atomic mass is 10.0. The van der Waals surface area contributed by atoms with Crippen molar-refractivity contribution in [1.82, 2.24) is 5.32 Å². The van der Waals surface area contributed by atoms with E-state index in [9.17, 15) is 13.2 Å². The van der Waals surface area contributed by atoms with Crippen LogP contribution in [0.1, 0.15) is 35.7 Å². The van der Waals surface area contributed by atoms with Crippen molar-refractivity contribution < 1.29 is 13.2 Å².